The first kappa shape index (κ1) is 15.9. The van der Waals surface area contributed by atoms with Gasteiger partial charge in [0, 0.05) is 0 Å². The fraction of sp³-hybridized carbons (Fsp3) is 0.294. The summed E-state index contributed by atoms with van der Waals surface area (Å²) < 4.78 is 5.97. The molecule has 0 atom stereocenters. The van der Waals surface area contributed by atoms with Crippen molar-refractivity contribution in [3.63, 3.8) is 0 Å². The van der Waals surface area contributed by atoms with Crippen molar-refractivity contribution in [3.8, 4) is 5.75 Å². The summed E-state index contributed by atoms with van der Waals surface area (Å²) in [5.41, 5.74) is 0.380. The van der Waals surface area contributed by atoms with Crippen LogP contribution >= 0.6 is 0 Å². The molecule has 1 aromatic heterocycles. The number of para-hydroxylation sites is 2. The lowest BCUT2D eigenvalue weighted by Crippen LogP contribution is -2.17. The third-order valence-electron chi connectivity index (χ3n) is 3.83. The lowest BCUT2D eigenvalue weighted by molar-refractivity contribution is 0.0689. The maximum atomic E-state index is 12.3. The van der Waals surface area contributed by atoms with E-state index in [-0.39, 0.29) is 17.5 Å². The molecule has 1 amide bonds. The highest BCUT2D eigenvalue weighted by atomic mass is 16.5. The number of rotatable bonds is 5. The molecule has 1 aliphatic carbocycles. The average Bonchev–Trinajstić information content (AvgIpc) is 3.10. The molecule has 2 aromatic rings. The number of nitrogens with one attached hydrogen (secondary N) is 1. The highest BCUT2D eigenvalue weighted by Gasteiger charge is 2.19. The molecule has 1 aliphatic rings. The second kappa shape index (κ2) is 7.08. The van der Waals surface area contributed by atoms with Crippen molar-refractivity contribution in [1.29, 1.82) is 0 Å². The maximum Gasteiger partial charge on any atom is 0.356 e. The number of aromatic carboxylic acids is 1. The van der Waals surface area contributed by atoms with Crippen LogP contribution in [0.15, 0.2) is 36.7 Å². The van der Waals surface area contributed by atoms with E-state index in [4.69, 9.17) is 9.84 Å². The molecular weight excluding hydrogens is 310 g/mol. The Kier molecular flexibility index (Phi) is 4.69. The van der Waals surface area contributed by atoms with Gasteiger partial charge in [-0.3, -0.25) is 4.79 Å². The topological polar surface area (TPSA) is 101 Å². The molecule has 0 aliphatic heterocycles. The van der Waals surface area contributed by atoms with E-state index in [0.29, 0.717) is 11.4 Å². The smallest absolute Gasteiger partial charge is 0.356 e. The number of carbonyl (C=O) groups is 2. The van der Waals surface area contributed by atoms with Crippen LogP contribution in [0.3, 0.4) is 0 Å². The number of hydrogen-bond donors (Lipinski definition) is 2. The summed E-state index contributed by atoms with van der Waals surface area (Å²) in [4.78, 5) is 30.6. The monoisotopic (exact) mass is 327 g/mol. The van der Waals surface area contributed by atoms with Gasteiger partial charge in [0.05, 0.1) is 24.2 Å². The molecule has 0 bridgehead atoms. The third-order valence-corrected chi connectivity index (χ3v) is 3.83. The van der Waals surface area contributed by atoms with E-state index in [2.05, 4.69) is 15.3 Å². The number of nitrogens with zero attached hydrogens (tertiary/aromatic N) is 2. The van der Waals surface area contributed by atoms with E-state index in [1.54, 1.807) is 12.1 Å². The highest BCUT2D eigenvalue weighted by Crippen LogP contribution is 2.29. The molecule has 1 saturated carbocycles. The Labute approximate surface area is 138 Å². The van der Waals surface area contributed by atoms with E-state index < -0.39 is 11.9 Å². The van der Waals surface area contributed by atoms with Gasteiger partial charge in [0.15, 0.2) is 5.69 Å². The maximum absolute atomic E-state index is 12.3. The Morgan fingerprint density at radius 3 is 2.42 bits per heavy atom. The molecule has 0 radical (unpaired) electrons. The predicted octanol–water partition coefficient (Wildman–Crippen LogP) is 2.75. The van der Waals surface area contributed by atoms with Gasteiger partial charge < -0.3 is 15.2 Å². The molecule has 1 heterocycles. The third kappa shape index (κ3) is 3.68. The number of aromatic nitrogens is 2. The lowest BCUT2D eigenvalue weighted by atomic mass is 10.2. The molecule has 1 fully saturated rings. The molecule has 3 rings (SSSR count). The number of anilines is 1. The van der Waals surface area contributed by atoms with E-state index in [1.165, 1.54) is 0 Å². The molecule has 2 N–H and O–H groups in total. The molecule has 1 aromatic carbocycles. The van der Waals surface area contributed by atoms with Gasteiger partial charge in [-0.15, -0.1) is 0 Å². The van der Waals surface area contributed by atoms with E-state index in [9.17, 15) is 9.59 Å². The van der Waals surface area contributed by atoms with E-state index >= 15 is 0 Å². The zero-order chi connectivity index (χ0) is 16.9. The van der Waals surface area contributed by atoms with Crippen LogP contribution in [-0.2, 0) is 0 Å². The van der Waals surface area contributed by atoms with Crippen LogP contribution in [0.1, 0.15) is 46.7 Å². The standard InChI is InChI=1S/C17H17N3O4/c21-16(13-9-19-14(10-18-13)17(22)23)20-12-7-3-4-8-15(12)24-11-5-1-2-6-11/h3-4,7-11H,1-2,5-6H2,(H,20,21)(H,22,23). The van der Waals surface area contributed by atoms with Crippen molar-refractivity contribution in [2.24, 2.45) is 0 Å². The SMILES string of the molecule is O=C(O)c1cnc(C(=O)Nc2ccccc2OC2CCCC2)cn1. The zero-order valence-corrected chi connectivity index (χ0v) is 12.9. The van der Waals surface area contributed by atoms with Gasteiger partial charge in [-0.1, -0.05) is 12.1 Å². The molecule has 0 spiro atoms. The number of ether oxygens (including phenoxy) is 1. The Hall–Kier alpha value is -2.96. The summed E-state index contributed by atoms with van der Waals surface area (Å²) in [6, 6.07) is 7.21. The van der Waals surface area contributed by atoms with Crippen molar-refractivity contribution in [2.75, 3.05) is 5.32 Å². The fourth-order valence-corrected chi connectivity index (χ4v) is 2.60. The van der Waals surface area contributed by atoms with Gasteiger partial charge >= 0.3 is 5.97 Å². The van der Waals surface area contributed by atoms with E-state index in [0.717, 1.165) is 38.1 Å². The average molecular weight is 327 g/mol. The minimum absolute atomic E-state index is 0.0377. The molecule has 0 saturated heterocycles. The molecule has 0 unspecified atom stereocenters. The number of amides is 1. The van der Waals surface area contributed by atoms with Crippen molar-refractivity contribution in [2.45, 2.75) is 31.8 Å². The fourth-order valence-electron chi connectivity index (χ4n) is 2.60. The summed E-state index contributed by atoms with van der Waals surface area (Å²) in [5, 5.41) is 11.5. The van der Waals surface area contributed by atoms with Gasteiger partial charge in [0.2, 0.25) is 0 Å². The van der Waals surface area contributed by atoms with Crippen LogP contribution in [0.4, 0.5) is 5.69 Å². The number of benzene rings is 1. The summed E-state index contributed by atoms with van der Waals surface area (Å²) in [5.74, 6) is -1.04. The number of carboxylic acids is 1. The first-order valence-corrected chi connectivity index (χ1v) is 7.76. The Morgan fingerprint density at radius 2 is 1.75 bits per heavy atom. The van der Waals surface area contributed by atoms with Crippen LogP contribution < -0.4 is 10.1 Å². The molecule has 7 heteroatoms. The van der Waals surface area contributed by atoms with Crippen LogP contribution in [-0.4, -0.2) is 33.1 Å². The van der Waals surface area contributed by atoms with Gasteiger partial charge in [-0.2, -0.15) is 0 Å². The van der Waals surface area contributed by atoms with Crippen molar-refractivity contribution in [3.05, 3.63) is 48.0 Å². The highest BCUT2D eigenvalue weighted by molar-refractivity contribution is 6.03. The summed E-state index contributed by atoms with van der Waals surface area (Å²) in [7, 11) is 0. The van der Waals surface area contributed by atoms with Crippen LogP contribution in [0.5, 0.6) is 5.75 Å². The zero-order valence-electron chi connectivity index (χ0n) is 12.9. The van der Waals surface area contributed by atoms with Gasteiger partial charge in [-0.25, -0.2) is 14.8 Å². The Bertz CT molecular complexity index is 740. The first-order valence-electron chi connectivity index (χ1n) is 7.76. The second-order valence-corrected chi connectivity index (χ2v) is 5.57. The lowest BCUT2D eigenvalue weighted by Gasteiger charge is -2.16. The van der Waals surface area contributed by atoms with Gasteiger partial charge in [0.1, 0.15) is 11.4 Å². The van der Waals surface area contributed by atoms with Crippen LogP contribution in [0.25, 0.3) is 0 Å². The first-order chi connectivity index (χ1) is 11.6. The number of carboxylic acid groups (broad SMARTS) is 1. The summed E-state index contributed by atoms with van der Waals surface area (Å²) in [6.45, 7) is 0. The Balaban J connectivity index is 1.72. The quantitative estimate of drug-likeness (QED) is 0.875. The van der Waals surface area contributed by atoms with Crippen LogP contribution in [0, 0.1) is 0 Å². The van der Waals surface area contributed by atoms with Crippen LogP contribution in [0.2, 0.25) is 0 Å². The predicted molar refractivity (Wildman–Crippen MR) is 86.3 cm³/mol. The van der Waals surface area contributed by atoms with E-state index in [1.807, 2.05) is 12.1 Å². The second-order valence-electron chi connectivity index (χ2n) is 5.57. The molecule has 7 nitrogen and oxygen atoms in total. The Morgan fingerprint density at radius 1 is 1.08 bits per heavy atom. The molecular formula is C17H17N3O4. The molecule has 24 heavy (non-hydrogen) atoms. The van der Waals surface area contributed by atoms with Gasteiger partial charge in [0.25, 0.3) is 5.91 Å². The number of carbonyl (C=O) groups excluding carboxylic acids is 1. The largest absolute Gasteiger partial charge is 0.488 e. The minimum Gasteiger partial charge on any atom is -0.488 e. The number of hydrogen-bond acceptors (Lipinski definition) is 5. The summed E-state index contributed by atoms with van der Waals surface area (Å²) >= 11 is 0. The molecule has 124 valence electrons. The normalized spacial score (nSPS) is 14.3. The van der Waals surface area contributed by atoms with Crippen molar-refractivity contribution in [1.82, 2.24) is 9.97 Å². The van der Waals surface area contributed by atoms with Gasteiger partial charge in [-0.05, 0) is 37.8 Å². The minimum atomic E-state index is -1.19. The summed E-state index contributed by atoms with van der Waals surface area (Å²) in [6.07, 6.45) is 6.72. The van der Waals surface area contributed by atoms with Crippen molar-refractivity contribution >= 4 is 17.6 Å². The van der Waals surface area contributed by atoms with Crippen molar-refractivity contribution < 1.29 is 19.4 Å².